The van der Waals surface area contributed by atoms with Crippen molar-refractivity contribution in [2.45, 2.75) is 12.1 Å². The van der Waals surface area contributed by atoms with Crippen LogP contribution in [0.2, 0.25) is 0 Å². The highest BCUT2D eigenvalue weighted by atomic mass is 32.2. The molecule has 0 saturated heterocycles. The number of benzene rings is 2. The SMILES string of the molecule is Cc1ccc2nc(SC(=O)c3ccc([N+](=O)[O-])cc3)[nH]c2c1. The van der Waals surface area contributed by atoms with Gasteiger partial charge in [0, 0.05) is 17.7 Å². The van der Waals surface area contributed by atoms with Crippen molar-refractivity contribution in [1.29, 1.82) is 0 Å². The predicted molar refractivity (Wildman–Crippen MR) is 84.1 cm³/mol. The second kappa shape index (κ2) is 5.61. The van der Waals surface area contributed by atoms with E-state index in [1.807, 2.05) is 25.1 Å². The van der Waals surface area contributed by atoms with Crippen molar-refractivity contribution in [3.05, 3.63) is 63.7 Å². The Labute approximate surface area is 129 Å². The van der Waals surface area contributed by atoms with Crippen LogP contribution in [0.1, 0.15) is 15.9 Å². The van der Waals surface area contributed by atoms with Gasteiger partial charge in [-0.05, 0) is 48.5 Å². The monoisotopic (exact) mass is 313 g/mol. The lowest BCUT2D eigenvalue weighted by Gasteiger charge is -1.97. The fourth-order valence-electron chi connectivity index (χ4n) is 2.01. The van der Waals surface area contributed by atoms with Crippen LogP contribution in [0.15, 0.2) is 47.6 Å². The molecule has 3 aromatic rings. The van der Waals surface area contributed by atoms with Crippen LogP contribution in [-0.2, 0) is 0 Å². The van der Waals surface area contributed by atoms with Gasteiger partial charge in [-0.15, -0.1) is 0 Å². The van der Waals surface area contributed by atoms with E-state index in [1.54, 1.807) is 0 Å². The average Bonchev–Trinajstić information content (AvgIpc) is 2.88. The number of nitro benzene ring substituents is 1. The third-order valence-corrected chi connectivity index (χ3v) is 3.93. The minimum Gasteiger partial charge on any atom is -0.333 e. The molecule has 1 aromatic heterocycles. The summed E-state index contributed by atoms with van der Waals surface area (Å²) in [7, 11) is 0. The van der Waals surface area contributed by atoms with Crippen LogP contribution >= 0.6 is 11.8 Å². The van der Waals surface area contributed by atoms with Crippen molar-refractivity contribution in [3.63, 3.8) is 0 Å². The highest BCUT2D eigenvalue weighted by Gasteiger charge is 2.13. The Balaban J connectivity index is 1.81. The Morgan fingerprint density at radius 1 is 1.23 bits per heavy atom. The normalized spacial score (nSPS) is 10.8. The molecule has 1 heterocycles. The number of hydrogen-bond acceptors (Lipinski definition) is 5. The fraction of sp³-hybridized carbons (Fsp3) is 0.0667. The summed E-state index contributed by atoms with van der Waals surface area (Å²) < 4.78 is 0. The van der Waals surface area contributed by atoms with Crippen molar-refractivity contribution in [2.24, 2.45) is 0 Å². The summed E-state index contributed by atoms with van der Waals surface area (Å²) >= 11 is 0.967. The van der Waals surface area contributed by atoms with Gasteiger partial charge < -0.3 is 4.98 Å². The number of nitrogens with one attached hydrogen (secondary N) is 1. The molecule has 1 N–H and O–H groups in total. The van der Waals surface area contributed by atoms with Gasteiger partial charge in [0.05, 0.1) is 16.0 Å². The van der Waals surface area contributed by atoms with Crippen molar-refractivity contribution in [2.75, 3.05) is 0 Å². The molecule has 22 heavy (non-hydrogen) atoms. The van der Waals surface area contributed by atoms with Gasteiger partial charge in [-0.25, -0.2) is 4.98 Å². The van der Waals surface area contributed by atoms with Crippen LogP contribution < -0.4 is 0 Å². The zero-order valence-electron chi connectivity index (χ0n) is 11.6. The number of imidazole rings is 1. The third-order valence-electron chi connectivity index (χ3n) is 3.12. The summed E-state index contributed by atoms with van der Waals surface area (Å²) in [5.74, 6) is 0. The molecular weight excluding hydrogens is 302 g/mol. The highest BCUT2D eigenvalue weighted by Crippen LogP contribution is 2.24. The molecule has 0 bridgehead atoms. The summed E-state index contributed by atoms with van der Waals surface area (Å²) in [6.07, 6.45) is 0. The maximum Gasteiger partial charge on any atom is 0.269 e. The molecule has 0 radical (unpaired) electrons. The van der Waals surface area contributed by atoms with E-state index in [4.69, 9.17) is 0 Å². The molecule has 110 valence electrons. The Hall–Kier alpha value is -2.67. The number of aromatic nitrogens is 2. The minimum absolute atomic E-state index is 0.0410. The number of thioether (sulfide) groups is 1. The topological polar surface area (TPSA) is 88.9 Å². The molecular formula is C15H11N3O3S. The van der Waals surface area contributed by atoms with Crippen LogP contribution in [0.25, 0.3) is 11.0 Å². The molecule has 7 heteroatoms. The molecule has 2 aromatic carbocycles. The molecule has 0 unspecified atom stereocenters. The van der Waals surface area contributed by atoms with Crippen LogP contribution in [0, 0.1) is 17.0 Å². The fourth-order valence-corrected chi connectivity index (χ4v) is 2.75. The molecule has 0 atom stereocenters. The summed E-state index contributed by atoms with van der Waals surface area (Å²) in [5.41, 5.74) is 3.13. The van der Waals surface area contributed by atoms with E-state index in [9.17, 15) is 14.9 Å². The standard InChI is InChI=1S/C15H11N3O3S/c1-9-2-7-12-13(8-9)17-15(16-12)22-14(19)10-3-5-11(6-4-10)18(20)21/h2-8H,1H3,(H,16,17). The summed E-state index contributed by atoms with van der Waals surface area (Å²) in [6, 6.07) is 11.3. The largest absolute Gasteiger partial charge is 0.333 e. The number of aromatic amines is 1. The Bertz CT molecular complexity index is 871. The number of hydrogen-bond donors (Lipinski definition) is 1. The molecule has 0 aliphatic carbocycles. The number of carbonyl (C=O) groups is 1. The molecule has 0 spiro atoms. The molecule has 0 saturated carbocycles. The molecule has 0 aliphatic rings. The Morgan fingerprint density at radius 2 is 1.95 bits per heavy atom. The van der Waals surface area contributed by atoms with E-state index < -0.39 is 4.92 Å². The van der Waals surface area contributed by atoms with Crippen LogP contribution in [-0.4, -0.2) is 20.0 Å². The second-order valence-electron chi connectivity index (χ2n) is 4.76. The lowest BCUT2D eigenvalue weighted by Crippen LogP contribution is -1.95. The number of non-ortho nitro benzene ring substituents is 1. The Kier molecular flexibility index (Phi) is 3.64. The quantitative estimate of drug-likeness (QED) is 0.452. The molecule has 0 aliphatic heterocycles. The number of carbonyl (C=O) groups excluding carboxylic acids is 1. The van der Waals surface area contributed by atoms with E-state index in [0.717, 1.165) is 28.4 Å². The smallest absolute Gasteiger partial charge is 0.269 e. The highest BCUT2D eigenvalue weighted by molar-refractivity contribution is 8.14. The third kappa shape index (κ3) is 2.84. The van der Waals surface area contributed by atoms with Crippen LogP contribution in [0.5, 0.6) is 0 Å². The van der Waals surface area contributed by atoms with Gasteiger partial charge in [-0.2, -0.15) is 0 Å². The number of rotatable bonds is 3. The maximum atomic E-state index is 12.2. The van der Waals surface area contributed by atoms with Gasteiger partial charge in [0.25, 0.3) is 5.69 Å². The van der Waals surface area contributed by atoms with E-state index in [2.05, 4.69) is 9.97 Å². The number of aryl methyl sites for hydroxylation is 1. The molecule has 0 amide bonds. The summed E-state index contributed by atoms with van der Waals surface area (Å²) in [4.78, 5) is 29.7. The van der Waals surface area contributed by atoms with E-state index in [-0.39, 0.29) is 10.8 Å². The molecule has 6 nitrogen and oxygen atoms in total. The lowest BCUT2D eigenvalue weighted by molar-refractivity contribution is -0.384. The minimum atomic E-state index is -0.497. The van der Waals surface area contributed by atoms with E-state index in [0.29, 0.717) is 10.7 Å². The molecule has 0 fully saturated rings. The predicted octanol–water partition coefficient (Wildman–Crippen LogP) is 3.71. The van der Waals surface area contributed by atoms with Crippen LogP contribution in [0.3, 0.4) is 0 Å². The number of fused-ring (bicyclic) bond motifs is 1. The van der Waals surface area contributed by atoms with Crippen molar-refractivity contribution in [1.82, 2.24) is 9.97 Å². The first-order valence-electron chi connectivity index (χ1n) is 6.46. The number of nitrogens with zero attached hydrogens (tertiary/aromatic N) is 2. The van der Waals surface area contributed by atoms with Crippen molar-refractivity contribution in [3.8, 4) is 0 Å². The van der Waals surface area contributed by atoms with E-state index in [1.165, 1.54) is 24.3 Å². The zero-order chi connectivity index (χ0) is 15.7. The first kappa shape index (κ1) is 14.3. The maximum absolute atomic E-state index is 12.2. The van der Waals surface area contributed by atoms with Crippen molar-refractivity contribution < 1.29 is 9.72 Å². The number of H-pyrrole nitrogens is 1. The van der Waals surface area contributed by atoms with E-state index >= 15 is 0 Å². The van der Waals surface area contributed by atoms with Gasteiger partial charge in [0.15, 0.2) is 5.16 Å². The van der Waals surface area contributed by atoms with Gasteiger partial charge >= 0.3 is 0 Å². The number of nitro groups is 1. The summed E-state index contributed by atoms with van der Waals surface area (Å²) in [5, 5.41) is 10.9. The van der Waals surface area contributed by atoms with Gasteiger partial charge in [-0.1, -0.05) is 6.07 Å². The average molecular weight is 313 g/mol. The first-order chi connectivity index (χ1) is 10.5. The van der Waals surface area contributed by atoms with Gasteiger partial charge in [0.1, 0.15) is 0 Å². The van der Waals surface area contributed by atoms with Gasteiger partial charge in [-0.3, -0.25) is 14.9 Å². The lowest BCUT2D eigenvalue weighted by atomic mass is 10.2. The Morgan fingerprint density at radius 3 is 2.64 bits per heavy atom. The molecule has 3 rings (SSSR count). The van der Waals surface area contributed by atoms with Crippen LogP contribution in [0.4, 0.5) is 5.69 Å². The van der Waals surface area contributed by atoms with Gasteiger partial charge in [0.2, 0.25) is 5.12 Å². The summed E-state index contributed by atoms with van der Waals surface area (Å²) in [6.45, 7) is 1.98. The first-order valence-corrected chi connectivity index (χ1v) is 7.27. The van der Waals surface area contributed by atoms with Crippen molar-refractivity contribution >= 4 is 33.6 Å². The zero-order valence-corrected chi connectivity index (χ0v) is 12.4. The second-order valence-corrected chi connectivity index (χ2v) is 5.72.